The molecule has 0 saturated carbocycles. The summed E-state index contributed by atoms with van der Waals surface area (Å²) >= 11 is 0. The normalized spacial score (nSPS) is 14.7. The number of carbonyl (C=O) groups is 1. The van der Waals surface area contributed by atoms with E-state index >= 15 is 0 Å². The van der Waals surface area contributed by atoms with Crippen molar-refractivity contribution in [2.45, 2.75) is 25.8 Å². The number of hydrogen-bond acceptors (Lipinski definition) is 4. The highest BCUT2D eigenvalue weighted by Gasteiger charge is 2.27. The molecule has 4 N–H and O–H groups in total. The predicted molar refractivity (Wildman–Crippen MR) is 59.8 cm³/mol. The van der Waals surface area contributed by atoms with Gasteiger partial charge in [-0.25, -0.2) is 0 Å². The van der Waals surface area contributed by atoms with Crippen molar-refractivity contribution in [1.29, 1.82) is 5.41 Å². The van der Waals surface area contributed by atoms with Crippen molar-refractivity contribution in [3.8, 4) is 0 Å². The highest BCUT2D eigenvalue weighted by Crippen LogP contribution is 2.08. The molecule has 1 atom stereocenters. The third kappa shape index (κ3) is 5.85. The van der Waals surface area contributed by atoms with Gasteiger partial charge in [-0.3, -0.25) is 10.2 Å². The van der Waals surface area contributed by atoms with E-state index in [0.717, 1.165) is 0 Å². The summed E-state index contributed by atoms with van der Waals surface area (Å²) < 4.78 is 4.56. The Balaban J connectivity index is 3.92. The fourth-order valence-electron chi connectivity index (χ4n) is 0.940. The van der Waals surface area contributed by atoms with Crippen LogP contribution in [0.25, 0.3) is 0 Å². The van der Waals surface area contributed by atoms with E-state index in [1.54, 1.807) is 19.9 Å². The molecule has 5 nitrogen and oxygen atoms in total. The number of esters is 1. The summed E-state index contributed by atoms with van der Waals surface area (Å²) in [4.78, 5) is 11.2. The van der Waals surface area contributed by atoms with E-state index in [1.165, 1.54) is 7.11 Å². The molecule has 0 fully saturated rings. The molecule has 0 aliphatic carbocycles. The van der Waals surface area contributed by atoms with E-state index in [9.17, 15) is 4.79 Å². The monoisotopic (exact) mass is 213 g/mol. The molecule has 0 aromatic heterocycles. The Hall–Kier alpha value is -1.36. The molecular formula is C10H19N3O2. The molecule has 0 amide bonds. The first-order valence-corrected chi connectivity index (χ1v) is 4.71. The van der Waals surface area contributed by atoms with E-state index in [4.69, 9.17) is 11.1 Å². The van der Waals surface area contributed by atoms with E-state index in [2.05, 4.69) is 10.1 Å². The molecule has 0 heterocycles. The fraction of sp³-hybridized carbons (Fsp3) is 0.600. The Morgan fingerprint density at radius 1 is 1.60 bits per heavy atom. The van der Waals surface area contributed by atoms with E-state index in [0.29, 0.717) is 18.8 Å². The van der Waals surface area contributed by atoms with Gasteiger partial charge in [0.05, 0.1) is 12.9 Å². The van der Waals surface area contributed by atoms with Crippen molar-refractivity contribution in [2.24, 2.45) is 5.73 Å². The molecule has 86 valence electrons. The minimum absolute atomic E-state index is 0.406. The number of ether oxygens (including phenoxy) is 1. The lowest BCUT2D eigenvalue weighted by atomic mass is 9.99. The number of nitrogens with two attached hydrogens (primary N) is 1. The van der Waals surface area contributed by atoms with Gasteiger partial charge in [0.2, 0.25) is 0 Å². The third-order valence-corrected chi connectivity index (χ3v) is 1.85. The van der Waals surface area contributed by atoms with Crippen LogP contribution in [0, 0.1) is 5.41 Å². The average Bonchev–Trinajstić information content (AvgIpc) is 2.15. The van der Waals surface area contributed by atoms with Gasteiger partial charge in [-0.2, -0.15) is 0 Å². The van der Waals surface area contributed by atoms with Crippen molar-refractivity contribution < 1.29 is 9.53 Å². The topological polar surface area (TPSA) is 88.2 Å². The lowest BCUT2D eigenvalue weighted by molar-refractivity contribution is -0.146. The Morgan fingerprint density at radius 3 is 2.67 bits per heavy atom. The van der Waals surface area contributed by atoms with Crippen molar-refractivity contribution >= 4 is 11.8 Å². The number of methoxy groups -OCH3 is 1. The fourth-order valence-corrected chi connectivity index (χ4v) is 0.940. The molecule has 5 heteroatoms. The van der Waals surface area contributed by atoms with E-state index in [1.807, 2.05) is 6.08 Å². The SMILES string of the molecule is COC(=O)[C@@](C)(N)C/C=C/CNC(C)=N. The Bertz CT molecular complexity index is 259. The van der Waals surface area contributed by atoms with Gasteiger partial charge in [0.25, 0.3) is 0 Å². The van der Waals surface area contributed by atoms with Gasteiger partial charge >= 0.3 is 5.97 Å². The maximum atomic E-state index is 11.2. The van der Waals surface area contributed by atoms with Gasteiger partial charge in [0.1, 0.15) is 5.54 Å². The van der Waals surface area contributed by atoms with Crippen molar-refractivity contribution in [3.63, 3.8) is 0 Å². The zero-order chi connectivity index (χ0) is 11.9. The minimum atomic E-state index is -0.981. The molecule has 0 spiro atoms. The summed E-state index contributed by atoms with van der Waals surface area (Å²) in [7, 11) is 1.32. The van der Waals surface area contributed by atoms with Gasteiger partial charge in [-0.05, 0) is 20.3 Å². The Labute approximate surface area is 90.2 Å². The molecule has 0 bridgehead atoms. The van der Waals surface area contributed by atoms with Gasteiger partial charge in [-0.1, -0.05) is 12.2 Å². The largest absolute Gasteiger partial charge is 0.468 e. The van der Waals surface area contributed by atoms with Crippen LogP contribution in [0.5, 0.6) is 0 Å². The zero-order valence-electron chi connectivity index (χ0n) is 9.46. The average molecular weight is 213 g/mol. The molecule has 0 aromatic carbocycles. The van der Waals surface area contributed by atoms with Crippen LogP contribution in [0.15, 0.2) is 12.2 Å². The van der Waals surface area contributed by atoms with Crippen molar-refractivity contribution in [1.82, 2.24) is 5.32 Å². The number of rotatable bonds is 5. The van der Waals surface area contributed by atoms with E-state index < -0.39 is 11.5 Å². The van der Waals surface area contributed by atoms with Crippen LogP contribution in [0.1, 0.15) is 20.3 Å². The maximum Gasteiger partial charge on any atom is 0.325 e. The molecule has 0 unspecified atom stereocenters. The Kier molecular flexibility index (Phi) is 5.62. The molecule has 0 aliphatic rings. The number of nitrogens with one attached hydrogen (secondary N) is 2. The highest BCUT2D eigenvalue weighted by molar-refractivity contribution is 5.80. The summed E-state index contributed by atoms with van der Waals surface area (Å²) in [6.45, 7) is 3.85. The van der Waals surface area contributed by atoms with Crippen LogP contribution in [-0.2, 0) is 9.53 Å². The first kappa shape index (κ1) is 13.6. The maximum absolute atomic E-state index is 11.2. The standard InChI is InChI=1S/C10H19N3O2/c1-8(11)13-7-5-4-6-10(2,12)9(14)15-3/h4-5H,6-7,12H2,1-3H3,(H2,11,13)/b5-4+/t10-/m0/s1. The summed E-state index contributed by atoms with van der Waals surface area (Å²) in [5.74, 6) is -0.0218. The first-order valence-electron chi connectivity index (χ1n) is 4.71. The third-order valence-electron chi connectivity index (χ3n) is 1.85. The van der Waals surface area contributed by atoms with Gasteiger partial charge < -0.3 is 15.8 Å². The molecule has 0 aromatic rings. The second-order valence-electron chi connectivity index (χ2n) is 3.59. The predicted octanol–water partition coefficient (Wildman–Crippen LogP) is 0.410. The minimum Gasteiger partial charge on any atom is -0.468 e. The first-order chi connectivity index (χ1) is 6.90. The van der Waals surface area contributed by atoms with Crippen LogP contribution < -0.4 is 11.1 Å². The summed E-state index contributed by atoms with van der Waals surface area (Å²) in [5.41, 5.74) is 4.74. The zero-order valence-corrected chi connectivity index (χ0v) is 9.46. The number of amidine groups is 1. The van der Waals surface area contributed by atoms with Crippen LogP contribution in [-0.4, -0.2) is 31.0 Å². The molecule has 15 heavy (non-hydrogen) atoms. The van der Waals surface area contributed by atoms with Crippen LogP contribution in [0.2, 0.25) is 0 Å². The lowest BCUT2D eigenvalue weighted by Crippen LogP contribution is -2.45. The van der Waals surface area contributed by atoms with Crippen LogP contribution in [0.3, 0.4) is 0 Å². The highest BCUT2D eigenvalue weighted by atomic mass is 16.5. The second kappa shape index (κ2) is 6.19. The molecule has 0 radical (unpaired) electrons. The van der Waals surface area contributed by atoms with Crippen LogP contribution in [0.4, 0.5) is 0 Å². The van der Waals surface area contributed by atoms with Crippen molar-refractivity contribution in [2.75, 3.05) is 13.7 Å². The number of carbonyl (C=O) groups excluding carboxylic acids is 1. The van der Waals surface area contributed by atoms with E-state index in [-0.39, 0.29) is 0 Å². The molecular weight excluding hydrogens is 194 g/mol. The van der Waals surface area contributed by atoms with Crippen molar-refractivity contribution in [3.05, 3.63) is 12.2 Å². The lowest BCUT2D eigenvalue weighted by Gasteiger charge is -2.19. The second-order valence-corrected chi connectivity index (χ2v) is 3.59. The molecule has 0 rings (SSSR count). The van der Waals surface area contributed by atoms with Gasteiger partial charge in [-0.15, -0.1) is 0 Å². The molecule has 0 aliphatic heterocycles. The summed E-state index contributed by atoms with van der Waals surface area (Å²) in [6.07, 6.45) is 4.04. The summed E-state index contributed by atoms with van der Waals surface area (Å²) in [5, 5.41) is 9.92. The van der Waals surface area contributed by atoms with Gasteiger partial charge in [0, 0.05) is 6.54 Å². The van der Waals surface area contributed by atoms with Crippen LogP contribution >= 0.6 is 0 Å². The smallest absolute Gasteiger partial charge is 0.325 e. The molecule has 0 saturated heterocycles. The quantitative estimate of drug-likeness (QED) is 0.267. The number of hydrogen-bond donors (Lipinski definition) is 3. The Morgan fingerprint density at radius 2 is 2.20 bits per heavy atom. The van der Waals surface area contributed by atoms with Gasteiger partial charge in [0.15, 0.2) is 0 Å². The summed E-state index contributed by atoms with van der Waals surface area (Å²) in [6, 6.07) is 0.